The van der Waals surface area contributed by atoms with Gasteiger partial charge in [-0.25, -0.2) is 0 Å². The monoisotopic (exact) mass is 303 g/mol. The van der Waals surface area contributed by atoms with E-state index in [9.17, 15) is 0 Å². The van der Waals surface area contributed by atoms with E-state index in [0.29, 0.717) is 11.7 Å². The minimum atomic E-state index is 0.273. The number of aliphatic hydroxyl groups excluding tert-OH is 1. The van der Waals surface area contributed by atoms with E-state index in [-0.39, 0.29) is 6.61 Å². The number of anilines is 2. The molecule has 0 aliphatic carbocycles. The largest absolute Gasteiger partial charge is 0.396 e. The number of aliphatic hydroxyl groups is 1. The van der Waals surface area contributed by atoms with Crippen molar-refractivity contribution in [3.05, 3.63) is 30.3 Å². The molecule has 1 saturated heterocycles. The molecule has 1 aromatic heterocycles. The standard InChI is InChI=1S/C16H21N3OS/c17-15-14(13-6-2-1-3-7-13)16(21-18-15)19-9-4-5-12(11-19)8-10-20/h1-3,6-7,12,20H,4-5,8-11H2,(H2,17,18). The molecule has 0 radical (unpaired) electrons. The number of piperidine rings is 1. The van der Waals surface area contributed by atoms with E-state index in [1.54, 1.807) is 0 Å². The topological polar surface area (TPSA) is 62.4 Å². The fourth-order valence-corrected chi connectivity index (χ4v) is 3.92. The van der Waals surface area contributed by atoms with Gasteiger partial charge in [0.15, 0.2) is 0 Å². The number of rotatable bonds is 4. The predicted octanol–water partition coefficient (Wildman–Crippen LogP) is 2.99. The smallest absolute Gasteiger partial charge is 0.147 e. The molecule has 5 heteroatoms. The van der Waals surface area contributed by atoms with E-state index < -0.39 is 0 Å². The summed E-state index contributed by atoms with van der Waals surface area (Å²) >= 11 is 1.49. The van der Waals surface area contributed by atoms with Gasteiger partial charge in [0.05, 0.1) is 5.56 Å². The van der Waals surface area contributed by atoms with Crippen molar-refractivity contribution in [2.24, 2.45) is 5.92 Å². The molecule has 1 unspecified atom stereocenters. The first-order valence-corrected chi connectivity index (χ1v) is 8.23. The zero-order valence-corrected chi connectivity index (χ0v) is 12.9. The van der Waals surface area contributed by atoms with Crippen LogP contribution < -0.4 is 10.6 Å². The lowest BCUT2D eigenvalue weighted by atomic mass is 9.95. The van der Waals surface area contributed by atoms with Gasteiger partial charge in [-0.1, -0.05) is 30.3 Å². The van der Waals surface area contributed by atoms with Gasteiger partial charge in [-0.3, -0.25) is 0 Å². The highest BCUT2D eigenvalue weighted by atomic mass is 32.1. The number of benzene rings is 1. The Morgan fingerprint density at radius 2 is 2.14 bits per heavy atom. The Morgan fingerprint density at radius 1 is 1.33 bits per heavy atom. The third-order valence-corrected chi connectivity index (χ3v) is 5.03. The summed E-state index contributed by atoms with van der Waals surface area (Å²) in [6.07, 6.45) is 3.24. The van der Waals surface area contributed by atoms with Gasteiger partial charge >= 0.3 is 0 Å². The van der Waals surface area contributed by atoms with Gasteiger partial charge < -0.3 is 15.7 Å². The Balaban J connectivity index is 1.89. The van der Waals surface area contributed by atoms with Gasteiger partial charge in [0, 0.05) is 19.7 Å². The molecule has 0 spiro atoms. The molecule has 1 fully saturated rings. The first-order chi connectivity index (χ1) is 10.3. The minimum Gasteiger partial charge on any atom is -0.396 e. The second-order valence-electron chi connectivity index (χ2n) is 5.58. The van der Waals surface area contributed by atoms with E-state index in [2.05, 4.69) is 21.4 Å². The van der Waals surface area contributed by atoms with E-state index in [1.165, 1.54) is 23.0 Å². The lowest BCUT2D eigenvalue weighted by Gasteiger charge is -2.33. The molecule has 0 amide bonds. The third-order valence-electron chi connectivity index (χ3n) is 4.11. The number of nitrogen functional groups attached to an aromatic ring is 1. The second-order valence-corrected chi connectivity index (χ2v) is 6.33. The van der Waals surface area contributed by atoms with Crippen molar-refractivity contribution < 1.29 is 5.11 Å². The van der Waals surface area contributed by atoms with Gasteiger partial charge in [0.2, 0.25) is 0 Å². The van der Waals surface area contributed by atoms with Gasteiger partial charge in [0.1, 0.15) is 10.8 Å². The summed E-state index contributed by atoms with van der Waals surface area (Å²) < 4.78 is 4.37. The van der Waals surface area contributed by atoms with Crippen LogP contribution in [0.15, 0.2) is 30.3 Å². The normalized spacial score (nSPS) is 18.9. The summed E-state index contributed by atoms with van der Waals surface area (Å²) in [6.45, 7) is 2.31. The summed E-state index contributed by atoms with van der Waals surface area (Å²) in [6, 6.07) is 10.2. The second kappa shape index (κ2) is 6.45. The van der Waals surface area contributed by atoms with Crippen molar-refractivity contribution in [2.45, 2.75) is 19.3 Å². The highest BCUT2D eigenvalue weighted by molar-refractivity contribution is 7.11. The Bertz CT molecular complexity index is 582. The Kier molecular flexibility index (Phi) is 4.41. The summed E-state index contributed by atoms with van der Waals surface area (Å²) in [5.74, 6) is 1.18. The van der Waals surface area contributed by atoms with Crippen molar-refractivity contribution in [3.8, 4) is 11.1 Å². The van der Waals surface area contributed by atoms with Crippen molar-refractivity contribution in [2.75, 3.05) is 30.3 Å². The Hall–Kier alpha value is -1.59. The zero-order valence-electron chi connectivity index (χ0n) is 12.0. The summed E-state index contributed by atoms with van der Waals surface area (Å²) in [5, 5.41) is 10.3. The molecule has 1 aliphatic rings. The van der Waals surface area contributed by atoms with Crippen LogP contribution in [0.5, 0.6) is 0 Å². The van der Waals surface area contributed by atoms with E-state index in [0.717, 1.165) is 37.1 Å². The fraction of sp³-hybridized carbons (Fsp3) is 0.438. The van der Waals surface area contributed by atoms with Gasteiger partial charge in [-0.05, 0) is 42.3 Å². The van der Waals surface area contributed by atoms with Gasteiger partial charge in [-0.15, -0.1) is 0 Å². The van der Waals surface area contributed by atoms with Crippen LogP contribution in [0.1, 0.15) is 19.3 Å². The van der Waals surface area contributed by atoms with Gasteiger partial charge in [-0.2, -0.15) is 4.37 Å². The average molecular weight is 303 g/mol. The molecule has 0 bridgehead atoms. The number of aromatic nitrogens is 1. The van der Waals surface area contributed by atoms with Crippen LogP contribution >= 0.6 is 11.5 Å². The summed E-state index contributed by atoms with van der Waals surface area (Å²) in [7, 11) is 0. The molecule has 3 rings (SSSR count). The van der Waals surface area contributed by atoms with E-state index in [4.69, 9.17) is 10.8 Å². The molecular formula is C16H21N3OS. The van der Waals surface area contributed by atoms with Crippen LogP contribution in [0, 0.1) is 5.92 Å². The molecule has 3 N–H and O–H groups in total. The maximum Gasteiger partial charge on any atom is 0.147 e. The van der Waals surface area contributed by atoms with Gasteiger partial charge in [0.25, 0.3) is 0 Å². The summed E-state index contributed by atoms with van der Waals surface area (Å²) in [5.41, 5.74) is 8.29. The van der Waals surface area contributed by atoms with Crippen LogP contribution in [-0.2, 0) is 0 Å². The van der Waals surface area contributed by atoms with Crippen molar-refractivity contribution in [3.63, 3.8) is 0 Å². The van der Waals surface area contributed by atoms with Crippen molar-refractivity contribution in [1.82, 2.24) is 4.37 Å². The number of nitrogens with two attached hydrogens (primary N) is 1. The molecule has 112 valence electrons. The van der Waals surface area contributed by atoms with Crippen LogP contribution in [0.3, 0.4) is 0 Å². The fourth-order valence-electron chi connectivity index (χ4n) is 3.05. The molecule has 2 heterocycles. The Labute approximate surface area is 129 Å². The molecule has 2 aromatic rings. The number of hydrogen-bond donors (Lipinski definition) is 2. The van der Waals surface area contributed by atoms with Crippen molar-refractivity contribution >= 4 is 22.4 Å². The van der Waals surface area contributed by atoms with E-state index >= 15 is 0 Å². The average Bonchev–Trinajstić information content (AvgIpc) is 2.90. The summed E-state index contributed by atoms with van der Waals surface area (Å²) in [4.78, 5) is 2.39. The molecule has 1 atom stereocenters. The first-order valence-electron chi connectivity index (χ1n) is 7.46. The predicted molar refractivity (Wildman–Crippen MR) is 88.6 cm³/mol. The van der Waals surface area contributed by atoms with Crippen LogP contribution in [0.25, 0.3) is 11.1 Å². The number of hydrogen-bond acceptors (Lipinski definition) is 5. The van der Waals surface area contributed by atoms with Crippen LogP contribution in [0.4, 0.5) is 10.8 Å². The number of nitrogens with zero attached hydrogens (tertiary/aromatic N) is 2. The van der Waals surface area contributed by atoms with Crippen LogP contribution in [-0.4, -0.2) is 29.2 Å². The third kappa shape index (κ3) is 3.04. The lowest BCUT2D eigenvalue weighted by Crippen LogP contribution is -2.35. The molecule has 4 nitrogen and oxygen atoms in total. The zero-order chi connectivity index (χ0) is 14.7. The lowest BCUT2D eigenvalue weighted by molar-refractivity contribution is 0.244. The molecule has 1 aliphatic heterocycles. The quantitative estimate of drug-likeness (QED) is 0.911. The maximum atomic E-state index is 9.16. The van der Waals surface area contributed by atoms with E-state index in [1.807, 2.05) is 18.2 Å². The molecular weight excluding hydrogens is 282 g/mol. The highest BCUT2D eigenvalue weighted by Gasteiger charge is 2.24. The minimum absolute atomic E-state index is 0.273. The molecule has 0 saturated carbocycles. The SMILES string of the molecule is Nc1nsc(N2CCCC(CCO)C2)c1-c1ccccc1. The molecule has 1 aromatic carbocycles. The molecule has 21 heavy (non-hydrogen) atoms. The van der Waals surface area contributed by atoms with Crippen molar-refractivity contribution in [1.29, 1.82) is 0 Å². The first kappa shape index (κ1) is 14.4. The maximum absolute atomic E-state index is 9.16. The van der Waals surface area contributed by atoms with Crippen LogP contribution in [0.2, 0.25) is 0 Å². The highest BCUT2D eigenvalue weighted by Crippen LogP contribution is 2.40. The Morgan fingerprint density at radius 3 is 2.90 bits per heavy atom.